The normalized spacial score (nSPS) is 18.0. The number of hydrogen-bond acceptors (Lipinski definition) is 14. The van der Waals surface area contributed by atoms with E-state index in [0.717, 1.165) is 0 Å². The minimum atomic E-state index is -2.27. The molecule has 2 heterocycles. The Morgan fingerprint density at radius 1 is 0.623 bits per heavy atom. The van der Waals surface area contributed by atoms with Gasteiger partial charge in [0.25, 0.3) is 11.8 Å². The van der Waals surface area contributed by atoms with E-state index in [2.05, 4.69) is 10.6 Å². The second-order valence-corrected chi connectivity index (χ2v) is 12.6. The van der Waals surface area contributed by atoms with Crippen LogP contribution in [0.25, 0.3) is 0 Å². The number of carboxylic acids is 4. The number of likely N-dealkylation sites (N-methyl/N-ethyl adjacent to an activating group) is 1. The molecule has 1 aliphatic heterocycles. The predicted molar refractivity (Wildman–Crippen MR) is 178 cm³/mol. The zero-order chi connectivity index (χ0) is 39.0. The maximum absolute atomic E-state index is 12.4. The first-order valence-corrected chi connectivity index (χ1v) is 16.8. The molecular formula is C32H50MnN6O14. The van der Waals surface area contributed by atoms with Crippen molar-refractivity contribution in [2.45, 2.75) is 88.1 Å². The summed E-state index contributed by atoms with van der Waals surface area (Å²) in [5.41, 5.74) is 1.14. The fourth-order valence-corrected chi connectivity index (χ4v) is 5.56. The van der Waals surface area contributed by atoms with Gasteiger partial charge in [-0.1, -0.05) is 6.07 Å². The minimum absolute atomic E-state index is 0. The Hall–Kier alpha value is -3.79. The number of amides is 2. The molecule has 2 rings (SSSR count). The molecule has 53 heavy (non-hydrogen) atoms. The largest absolute Gasteiger partial charge is 0.480 e. The van der Waals surface area contributed by atoms with Crippen LogP contribution in [0.15, 0.2) is 18.2 Å². The van der Waals surface area contributed by atoms with Crippen LogP contribution in [0.2, 0.25) is 0 Å². The van der Waals surface area contributed by atoms with Crippen molar-refractivity contribution in [2.75, 3.05) is 46.3 Å². The number of aliphatic hydroxyl groups is 4. The SMILES string of the molecule is CN1CCN(C(CCCCNC(=O)[C@H](O)[C@@H](O)C(=O)O)C(=O)O)Cc2cccc(n2)CN(C(CCCCNC(=O)[C@H](O)[C@@H](O)C(=O)O)C(=O)O)CC1.[Mn]. The molecule has 1 radical (unpaired) electrons. The first-order valence-electron chi connectivity index (χ1n) is 16.8. The van der Waals surface area contributed by atoms with Crippen molar-refractivity contribution in [3.05, 3.63) is 29.6 Å². The average Bonchev–Trinajstić information content (AvgIpc) is 3.09. The number of aliphatic hydroxyl groups excluding tert-OH is 4. The van der Waals surface area contributed by atoms with Crippen LogP contribution in [0.1, 0.15) is 49.9 Å². The second kappa shape index (κ2) is 23.8. The molecule has 0 aromatic carbocycles. The van der Waals surface area contributed by atoms with Gasteiger partial charge in [-0.15, -0.1) is 0 Å². The second-order valence-electron chi connectivity index (χ2n) is 12.6. The van der Waals surface area contributed by atoms with Crippen molar-refractivity contribution >= 4 is 35.7 Å². The van der Waals surface area contributed by atoms with Crippen molar-refractivity contribution < 1.29 is 86.7 Å². The number of hydrogen-bond donors (Lipinski definition) is 10. The summed E-state index contributed by atoms with van der Waals surface area (Å²) < 4.78 is 0. The van der Waals surface area contributed by atoms with Gasteiger partial charge in [0.05, 0.1) is 11.4 Å². The number of nitrogens with zero attached hydrogens (tertiary/aromatic N) is 4. The van der Waals surface area contributed by atoms with Crippen LogP contribution in [-0.4, -0.2) is 179 Å². The number of pyridine rings is 1. The number of aromatic nitrogens is 1. The van der Waals surface area contributed by atoms with Gasteiger partial charge in [0.2, 0.25) is 0 Å². The molecule has 10 N–H and O–H groups in total. The standard InChI is InChI=1S/C32H50N6O14.Mn/c1-36-13-15-37(21(29(45)46)9-2-4-11-33-27(43)23(39)25(41)31(49)50)17-19-7-6-8-20(35-19)18-38(16-14-36)22(30(47)48)10-3-5-12-34-28(44)24(40)26(42)32(51)52;/h6-8,21-26,39-42H,2-5,9-18H2,1H3,(H,33,43)(H,34,44)(H,45,46)(H,47,48)(H,49,50)(H,51,52);/t21?,22?,23-,24-,25-,26-;/m1./s1. The molecule has 21 heteroatoms. The molecule has 1 aromatic rings. The molecule has 2 unspecified atom stereocenters. The molecular weight excluding hydrogens is 747 g/mol. The van der Waals surface area contributed by atoms with Gasteiger partial charge in [-0.3, -0.25) is 34.0 Å². The van der Waals surface area contributed by atoms with Gasteiger partial charge in [0.1, 0.15) is 12.1 Å². The maximum atomic E-state index is 12.4. The van der Waals surface area contributed by atoms with E-state index in [1.165, 1.54) is 0 Å². The van der Waals surface area contributed by atoms with Crippen LogP contribution in [-0.2, 0) is 58.9 Å². The van der Waals surface area contributed by atoms with Gasteiger partial charge >= 0.3 is 23.9 Å². The van der Waals surface area contributed by atoms with Crippen LogP contribution in [0.4, 0.5) is 0 Å². The summed E-state index contributed by atoms with van der Waals surface area (Å²) in [7, 11) is 1.84. The molecule has 0 saturated heterocycles. The topological polar surface area (TPSA) is 311 Å². The van der Waals surface area contributed by atoms with E-state index in [-0.39, 0.29) is 56.1 Å². The predicted octanol–water partition coefficient (Wildman–Crippen LogP) is -3.28. The summed E-state index contributed by atoms with van der Waals surface area (Å²) in [6.07, 6.45) is -7.06. The number of carbonyl (C=O) groups is 6. The maximum Gasteiger partial charge on any atom is 0.335 e. The number of unbranched alkanes of at least 4 members (excludes halogenated alkanes) is 2. The molecule has 6 atom stereocenters. The Morgan fingerprint density at radius 2 is 1.00 bits per heavy atom. The fraction of sp³-hybridized carbons (Fsp3) is 0.656. The van der Waals surface area contributed by atoms with E-state index in [1.54, 1.807) is 28.0 Å². The number of aliphatic carboxylic acids is 4. The molecule has 2 bridgehead atoms. The molecule has 2 amide bonds. The van der Waals surface area contributed by atoms with E-state index >= 15 is 0 Å². The molecule has 299 valence electrons. The third-order valence-corrected chi connectivity index (χ3v) is 8.63. The van der Waals surface area contributed by atoms with E-state index in [9.17, 15) is 59.4 Å². The monoisotopic (exact) mass is 797 g/mol. The van der Waals surface area contributed by atoms with Crippen molar-refractivity contribution in [3.8, 4) is 0 Å². The number of nitrogens with one attached hydrogen (secondary N) is 2. The summed E-state index contributed by atoms with van der Waals surface area (Å²) in [6.45, 7) is 1.96. The zero-order valence-electron chi connectivity index (χ0n) is 29.3. The van der Waals surface area contributed by atoms with Crippen molar-refractivity contribution in [1.29, 1.82) is 0 Å². The molecule has 1 aliphatic rings. The van der Waals surface area contributed by atoms with E-state index in [4.69, 9.17) is 15.2 Å². The van der Waals surface area contributed by atoms with Crippen LogP contribution in [0, 0.1) is 0 Å². The van der Waals surface area contributed by atoms with Crippen LogP contribution >= 0.6 is 0 Å². The van der Waals surface area contributed by atoms with Crippen molar-refractivity contribution in [3.63, 3.8) is 0 Å². The quantitative estimate of drug-likeness (QED) is 0.0457. The number of fused-ring (bicyclic) bond motifs is 2. The van der Waals surface area contributed by atoms with E-state index in [1.807, 2.05) is 11.9 Å². The van der Waals surface area contributed by atoms with Gasteiger partial charge in [-0.05, 0) is 57.7 Å². The van der Waals surface area contributed by atoms with Crippen molar-refractivity contribution in [1.82, 2.24) is 30.3 Å². The van der Waals surface area contributed by atoms with Crippen LogP contribution in [0.3, 0.4) is 0 Å². The summed E-state index contributed by atoms with van der Waals surface area (Å²) >= 11 is 0. The number of carboxylic acid groups (broad SMARTS) is 4. The third kappa shape index (κ3) is 16.0. The van der Waals surface area contributed by atoms with E-state index < -0.39 is 72.2 Å². The Balaban J connectivity index is 0.0000140. The first-order chi connectivity index (χ1) is 24.5. The van der Waals surface area contributed by atoms with Gasteiger partial charge in [-0.2, -0.15) is 0 Å². The summed E-state index contributed by atoms with van der Waals surface area (Å²) in [6, 6.07) is 3.42. The zero-order valence-corrected chi connectivity index (χ0v) is 30.5. The third-order valence-electron chi connectivity index (χ3n) is 8.63. The Bertz CT molecular complexity index is 1280. The molecule has 1 aromatic heterocycles. The Morgan fingerprint density at radius 3 is 1.34 bits per heavy atom. The first kappa shape index (κ1) is 47.2. The molecule has 0 spiro atoms. The van der Waals surface area contributed by atoms with Crippen molar-refractivity contribution in [2.24, 2.45) is 0 Å². The number of rotatable bonds is 20. The van der Waals surface area contributed by atoms with E-state index in [0.29, 0.717) is 63.3 Å². The summed E-state index contributed by atoms with van der Waals surface area (Å²) in [5.74, 6) is -7.73. The average molecular weight is 798 g/mol. The van der Waals surface area contributed by atoms with Gasteiger partial charge in [0, 0.05) is 69.4 Å². The number of carbonyl (C=O) groups excluding carboxylic acids is 2. The molecule has 20 nitrogen and oxygen atoms in total. The van der Waals surface area contributed by atoms with Gasteiger partial charge in [-0.25, -0.2) is 9.59 Å². The summed E-state index contributed by atoms with van der Waals surface area (Å²) in [4.78, 5) is 80.4. The minimum Gasteiger partial charge on any atom is -0.480 e. The van der Waals surface area contributed by atoms with Gasteiger partial charge in [0.15, 0.2) is 24.4 Å². The smallest absolute Gasteiger partial charge is 0.335 e. The molecule has 0 fully saturated rings. The fourth-order valence-electron chi connectivity index (χ4n) is 5.56. The van der Waals surface area contributed by atoms with Crippen LogP contribution in [0.5, 0.6) is 0 Å². The Labute approximate surface area is 316 Å². The molecule has 0 aliphatic carbocycles. The Kier molecular flexibility index (Phi) is 21.2. The summed E-state index contributed by atoms with van der Waals surface area (Å²) in [5, 5.41) is 80.3. The van der Waals surface area contributed by atoms with Gasteiger partial charge < -0.3 is 56.4 Å². The van der Waals surface area contributed by atoms with Crippen LogP contribution < -0.4 is 10.6 Å². The molecule has 0 saturated carbocycles.